The number of alkyl halides is 2. The fourth-order valence-corrected chi connectivity index (χ4v) is 5.72. The summed E-state index contributed by atoms with van der Waals surface area (Å²) in [5.41, 5.74) is 4.76. The lowest BCUT2D eigenvalue weighted by atomic mass is 9.99. The Morgan fingerprint density at radius 3 is 2.63 bits per heavy atom. The van der Waals surface area contributed by atoms with Gasteiger partial charge in [0.25, 0.3) is 6.43 Å². The summed E-state index contributed by atoms with van der Waals surface area (Å²) in [4.78, 5) is 7.20. The van der Waals surface area contributed by atoms with Crippen molar-refractivity contribution in [2.45, 2.75) is 57.2 Å². The van der Waals surface area contributed by atoms with Crippen LogP contribution in [-0.2, 0) is 0 Å². The van der Waals surface area contributed by atoms with Crippen molar-refractivity contribution in [3.05, 3.63) is 47.5 Å². The maximum Gasteiger partial charge on any atom is 0.250 e. The number of thiophene rings is 1. The third-order valence-corrected chi connectivity index (χ3v) is 7.33. The standard InChI is InChI=1S/C23H26F2N4S.2H2/c1-14-2-7-21(30-14)15-3-4-16-12-27-23(9-17(16)8-15)28-29-19-5-6-20(29)11-18(10-19)26-13-22(24)25;;/h2-4,7-9,12,18-20,22,26H,5-6,10-11,13H2,1H3,(H,27,28);2*1H/t18?,19-,20+;;. The van der Waals surface area contributed by atoms with Gasteiger partial charge in [0.1, 0.15) is 5.82 Å². The van der Waals surface area contributed by atoms with E-state index in [9.17, 15) is 8.78 Å². The first-order valence-electron chi connectivity index (χ1n) is 10.6. The maximum absolute atomic E-state index is 12.5. The molecule has 2 N–H and O–H groups in total. The van der Waals surface area contributed by atoms with Crippen LogP contribution in [0.5, 0.6) is 0 Å². The molecule has 2 aromatic heterocycles. The van der Waals surface area contributed by atoms with E-state index >= 15 is 0 Å². The number of fused-ring (bicyclic) bond motifs is 3. The Kier molecular flexibility index (Phi) is 5.43. The molecule has 1 aromatic carbocycles. The van der Waals surface area contributed by atoms with Gasteiger partial charge in [0.05, 0.1) is 6.54 Å². The fraction of sp³-hybridized carbons (Fsp3) is 0.435. The van der Waals surface area contributed by atoms with E-state index < -0.39 is 6.43 Å². The number of pyridine rings is 1. The molecule has 0 aliphatic carbocycles. The molecule has 3 atom stereocenters. The monoisotopic (exact) mass is 432 g/mol. The lowest BCUT2D eigenvalue weighted by Gasteiger charge is -2.39. The summed E-state index contributed by atoms with van der Waals surface area (Å²) >= 11 is 1.80. The van der Waals surface area contributed by atoms with Crippen molar-refractivity contribution >= 4 is 27.9 Å². The number of nitrogens with zero attached hydrogens (tertiary/aromatic N) is 2. The van der Waals surface area contributed by atoms with Gasteiger partial charge in [0.2, 0.25) is 0 Å². The number of nitrogens with one attached hydrogen (secondary N) is 2. The Hall–Kier alpha value is -2.09. The molecule has 0 amide bonds. The summed E-state index contributed by atoms with van der Waals surface area (Å²) in [6.07, 6.45) is 3.61. The van der Waals surface area contributed by atoms with Crippen molar-refractivity contribution in [3.63, 3.8) is 0 Å². The first-order valence-corrected chi connectivity index (χ1v) is 11.4. The van der Waals surface area contributed by atoms with Crippen molar-refractivity contribution in [2.24, 2.45) is 0 Å². The molecule has 5 rings (SSSR count). The van der Waals surface area contributed by atoms with Gasteiger partial charge in [-0.1, -0.05) is 12.1 Å². The number of hydrogen-bond acceptors (Lipinski definition) is 5. The van der Waals surface area contributed by atoms with Crippen LogP contribution in [0.25, 0.3) is 21.2 Å². The zero-order valence-electron chi connectivity index (χ0n) is 16.9. The van der Waals surface area contributed by atoms with Crippen LogP contribution in [0.1, 0.15) is 33.4 Å². The lowest BCUT2D eigenvalue weighted by molar-refractivity contribution is 0.113. The molecule has 2 aliphatic rings. The lowest BCUT2D eigenvalue weighted by Crippen LogP contribution is -2.52. The van der Waals surface area contributed by atoms with Gasteiger partial charge in [0.15, 0.2) is 0 Å². The highest BCUT2D eigenvalue weighted by atomic mass is 32.1. The van der Waals surface area contributed by atoms with Gasteiger partial charge >= 0.3 is 0 Å². The van der Waals surface area contributed by atoms with Gasteiger partial charge in [0, 0.05) is 42.3 Å². The molecule has 4 heterocycles. The number of halogens is 2. The molecule has 0 radical (unpaired) electrons. The number of aryl methyl sites for hydroxylation is 1. The number of anilines is 1. The average molecular weight is 433 g/mol. The predicted molar refractivity (Wildman–Crippen MR) is 123 cm³/mol. The average Bonchev–Trinajstić information content (AvgIpc) is 3.25. The Morgan fingerprint density at radius 1 is 1.13 bits per heavy atom. The minimum atomic E-state index is -2.29. The van der Waals surface area contributed by atoms with E-state index in [1.54, 1.807) is 11.3 Å². The van der Waals surface area contributed by atoms with Crippen LogP contribution in [0.4, 0.5) is 14.6 Å². The third kappa shape index (κ3) is 4.06. The van der Waals surface area contributed by atoms with Crippen molar-refractivity contribution in [1.29, 1.82) is 0 Å². The second-order valence-corrected chi connectivity index (χ2v) is 9.70. The van der Waals surface area contributed by atoms with Gasteiger partial charge in [-0.25, -0.2) is 18.8 Å². The normalized spacial score (nSPS) is 24.1. The number of aromatic nitrogens is 1. The molecule has 7 heteroatoms. The van der Waals surface area contributed by atoms with Crippen LogP contribution in [0.3, 0.4) is 0 Å². The highest BCUT2D eigenvalue weighted by Gasteiger charge is 2.41. The molecule has 2 fully saturated rings. The molecule has 1 unspecified atom stereocenters. The topological polar surface area (TPSA) is 40.2 Å². The molecule has 3 aromatic rings. The van der Waals surface area contributed by atoms with E-state index in [4.69, 9.17) is 0 Å². The largest absolute Gasteiger partial charge is 0.309 e. The minimum Gasteiger partial charge on any atom is -0.309 e. The summed E-state index contributed by atoms with van der Waals surface area (Å²) in [6.45, 7) is 1.91. The molecule has 2 saturated heterocycles. The summed E-state index contributed by atoms with van der Waals surface area (Å²) in [6, 6.07) is 13.8. The highest BCUT2D eigenvalue weighted by Crippen LogP contribution is 2.36. The quantitative estimate of drug-likeness (QED) is 0.506. The van der Waals surface area contributed by atoms with Crippen LogP contribution in [0.15, 0.2) is 42.6 Å². The van der Waals surface area contributed by atoms with Crippen molar-refractivity contribution in [3.8, 4) is 10.4 Å². The van der Waals surface area contributed by atoms with E-state index in [0.717, 1.165) is 42.3 Å². The van der Waals surface area contributed by atoms with E-state index in [1.807, 2.05) is 6.20 Å². The van der Waals surface area contributed by atoms with Crippen LogP contribution in [0.2, 0.25) is 0 Å². The first-order chi connectivity index (χ1) is 14.5. The number of hydrogen-bond donors (Lipinski definition) is 2. The van der Waals surface area contributed by atoms with E-state index in [1.165, 1.54) is 15.3 Å². The van der Waals surface area contributed by atoms with E-state index in [-0.39, 0.29) is 15.4 Å². The molecule has 0 spiro atoms. The van der Waals surface area contributed by atoms with Gasteiger partial charge < -0.3 is 10.7 Å². The van der Waals surface area contributed by atoms with Crippen molar-refractivity contribution in [2.75, 3.05) is 12.0 Å². The molecule has 162 valence electrons. The molecule has 2 aliphatic heterocycles. The van der Waals surface area contributed by atoms with Crippen molar-refractivity contribution < 1.29 is 11.6 Å². The van der Waals surface area contributed by atoms with Crippen LogP contribution >= 0.6 is 11.3 Å². The predicted octanol–water partition coefficient (Wildman–Crippen LogP) is 5.94. The van der Waals surface area contributed by atoms with Crippen LogP contribution < -0.4 is 10.7 Å². The Labute approximate surface area is 182 Å². The first kappa shape index (κ1) is 19.8. The maximum atomic E-state index is 12.5. The zero-order chi connectivity index (χ0) is 20.7. The van der Waals surface area contributed by atoms with Gasteiger partial charge in [-0.15, -0.1) is 11.3 Å². The van der Waals surface area contributed by atoms with Crippen LogP contribution in [0, 0.1) is 6.92 Å². The zero-order valence-corrected chi connectivity index (χ0v) is 17.8. The summed E-state index contributed by atoms with van der Waals surface area (Å²) in [7, 11) is 0. The molecular weight excluding hydrogens is 402 g/mol. The van der Waals surface area contributed by atoms with E-state index in [2.05, 4.69) is 64.1 Å². The SMILES string of the molecule is Cc1ccc(-c2ccc3cnc(NN4[C@@H]5CC[C@H]4CC(NCC(F)F)C5)cc3c2)s1.[HH].[HH]. The Balaban J connectivity index is 0.00000144. The highest BCUT2D eigenvalue weighted by molar-refractivity contribution is 7.15. The number of benzene rings is 1. The van der Waals surface area contributed by atoms with Gasteiger partial charge in [-0.05, 0) is 67.8 Å². The summed E-state index contributed by atoms with van der Waals surface area (Å²) < 4.78 is 25.1. The molecule has 30 heavy (non-hydrogen) atoms. The molecule has 0 saturated carbocycles. The second-order valence-electron chi connectivity index (χ2n) is 8.41. The molecular formula is C23H30F2N4S. The third-order valence-electron chi connectivity index (χ3n) is 6.28. The van der Waals surface area contributed by atoms with Gasteiger partial charge in [-0.2, -0.15) is 0 Å². The number of rotatable bonds is 6. The van der Waals surface area contributed by atoms with Crippen molar-refractivity contribution in [1.82, 2.24) is 15.3 Å². The van der Waals surface area contributed by atoms with Gasteiger partial charge in [-0.3, -0.25) is 0 Å². The Morgan fingerprint density at radius 2 is 1.93 bits per heavy atom. The van der Waals surface area contributed by atoms with Crippen LogP contribution in [-0.4, -0.2) is 41.1 Å². The molecule has 2 bridgehead atoms. The number of hydrazine groups is 1. The second kappa shape index (κ2) is 8.21. The summed E-state index contributed by atoms with van der Waals surface area (Å²) in [5.74, 6) is 0.845. The fourth-order valence-electron chi connectivity index (χ4n) is 4.86. The number of piperidine rings is 1. The van der Waals surface area contributed by atoms with E-state index in [0.29, 0.717) is 12.1 Å². The minimum absolute atomic E-state index is 0. The Bertz CT molecular complexity index is 1030. The smallest absolute Gasteiger partial charge is 0.250 e. The molecule has 4 nitrogen and oxygen atoms in total. The summed E-state index contributed by atoms with van der Waals surface area (Å²) in [5, 5.41) is 7.63.